The molecule has 1 fully saturated rings. The highest BCUT2D eigenvalue weighted by atomic mass is 16.3. The zero-order chi connectivity index (χ0) is 13.9. The van der Waals surface area contributed by atoms with Gasteiger partial charge in [-0.25, -0.2) is 0 Å². The lowest BCUT2D eigenvalue weighted by atomic mass is 10.1. The Hall–Kier alpha value is -2.07. The summed E-state index contributed by atoms with van der Waals surface area (Å²) in [4.78, 5) is 12.2. The van der Waals surface area contributed by atoms with Crippen LogP contribution in [0.5, 0.6) is 0 Å². The zero-order valence-corrected chi connectivity index (χ0v) is 11.2. The molecule has 1 aliphatic carbocycles. The van der Waals surface area contributed by atoms with E-state index in [1.54, 1.807) is 0 Å². The van der Waals surface area contributed by atoms with E-state index in [9.17, 15) is 4.79 Å². The van der Waals surface area contributed by atoms with E-state index >= 15 is 0 Å². The summed E-state index contributed by atoms with van der Waals surface area (Å²) in [5.41, 5.74) is 7.76. The zero-order valence-electron chi connectivity index (χ0n) is 11.2. The van der Waals surface area contributed by atoms with Gasteiger partial charge in [-0.15, -0.1) is 0 Å². The lowest BCUT2D eigenvalue weighted by Gasteiger charge is -2.11. The number of benzene rings is 1. The summed E-state index contributed by atoms with van der Waals surface area (Å²) < 4.78 is 5.34. The van der Waals surface area contributed by atoms with Gasteiger partial charge in [-0.3, -0.25) is 4.79 Å². The number of rotatable bonds is 5. The van der Waals surface area contributed by atoms with E-state index in [1.807, 2.05) is 36.4 Å². The predicted molar refractivity (Wildman–Crippen MR) is 77.2 cm³/mol. The van der Waals surface area contributed by atoms with Gasteiger partial charge in [0, 0.05) is 18.2 Å². The molecule has 1 unspecified atom stereocenters. The Morgan fingerprint density at radius 2 is 2.05 bits per heavy atom. The molecule has 1 atom stereocenters. The number of carbonyl (C=O) groups excluding carboxylic acids is 1. The van der Waals surface area contributed by atoms with E-state index in [0.29, 0.717) is 18.2 Å². The number of hydrogen-bond acceptors (Lipinski definition) is 3. The van der Waals surface area contributed by atoms with Crippen LogP contribution in [0.4, 0.5) is 0 Å². The average Bonchev–Trinajstić information content (AvgIpc) is 3.22. The second-order valence-corrected chi connectivity index (χ2v) is 5.24. The maximum absolute atomic E-state index is 12.2. The van der Waals surface area contributed by atoms with Crippen LogP contribution in [-0.2, 0) is 0 Å². The molecule has 0 bridgehead atoms. The molecule has 104 valence electrons. The van der Waals surface area contributed by atoms with Crippen LogP contribution in [0.1, 0.15) is 23.4 Å². The molecule has 0 saturated heterocycles. The van der Waals surface area contributed by atoms with Gasteiger partial charge >= 0.3 is 0 Å². The second kappa shape index (κ2) is 5.51. The molecular formula is C16H18N2O2. The minimum atomic E-state index is -0.204. The van der Waals surface area contributed by atoms with Crippen molar-refractivity contribution in [2.45, 2.75) is 18.9 Å². The third-order valence-electron chi connectivity index (χ3n) is 3.68. The van der Waals surface area contributed by atoms with Crippen molar-refractivity contribution in [1.29, 1.82) is 0 Å². The van der Waals surface area contributed by atoms with Gasteiger partial charge in [0.2, 0.25) is 0 Å². The molecule has 0 radical (unpaired) electrons. The smallest absolute Gasteiger partial charge is 0.287 e. The minimum Gasteiger partial charge on any atom is -0.459 e. The van der Waals surface area contributed by atoms with Crippen LogP contribution in [0.15, 0.2) is 47.1 Å². The fourth-order valence-corrected chi connectivity index (χ4v) is 2.31. The van der Waals surface area contributed by atoms with Gasteiger partial charge in [0.05, 0.1) is 6.26 Å². The third kappa shape index (κ3) is 2.75. The van der Waals surface area contributed by atoms with Crippen LogP contribution in [-0.4, -0.2) is 18.5 Å². The van der Waals surface area contributed by atoms with Crippen LogP contribution >= 0.6 is 0 Å². The first-order chi connectivity index (χ1) is 9.75. The van der Waals surface area contributed by atoms with Crippen LogP contribution < -0.4 is 11.1 Å². The van der Waals surface area contributed by atoms with E-state index in [2.05, 4.69) is 5.32 Å². The van der Waals surface area contributed by atoms with Crippen LogP contribution in [0.2, 0.25) is 0 Å². The lowest BCUT2D eigenvalue weighted by Crippen LogP contribution is -2.38. The molecule has 3 N–H and O–H groups in total. The van der Waals surface area contributed by atoms with Crippen molar-refractivity contribution in [2.75, 3.05) is 6.54 Å². The summed E-state index contributed by atoms with van der Waals surface area (Å²) in [6, 6.07) is 11.6. The number of carbonyl (C=O) groups is 1. The Labute approximate surface area is 118 Å². The largest absolute Gasteiger partial charge is 0.459 e. The van der Waals surface area contributed by atoms with Crippen molar-refractivity contribution >= 4 is 5.91 Å². The number of nitrogens with one attached hydrogen (secondary N) is 1. The van der Waals surface area contributed by atoms with E-state index in [4.69, 9.17) is 10.2 Å². The monoisotopic (exact) mass is 270 g/mol. The molecule has 1 saturated carbocycles. The summed E-state index contributed by atoms with van der Waals surface area (Å²) in [7, 11) is 0. The standard InChI is InChI=1S/C16H18N2O2/c17-14(12-6-7-12)10-18-16(19)15-13(8-9-20-15)11-4-2-1-3-5-11/h1-5,8-9,12,14H,6-7,10,17H2,(H,18,19). The van der Waals surface area contributed by atoms with E-state index in [-0.39, 0.29) is 11.9 Å². The highest BCUT2D eigenvalue weighted by molar-refractivity contribution is 5.98. The minimum absolute atomic E-state index is 0.0501. The van der Waals surface area contributed by atoms with Gasteiger partial charge in [0.1, 0.15) is 0 Å². The number of furan rings is 1. The van der Waals surface area contributed by atoms with Crippen molar-refractivity contribution in [3.05, 3.63) is 48.4 Å². The fourth-order valence-electron chi connectivity index (χ4n) is 2.31. The molecule has 0 aliphatic heterocycles. The van der Waals surface area contributed by atoms with Crippen molar-refractivity contribution < 1.29 is 9.21 Å². The first-order valence-electron chi connectivity index (χ1n) is 6.92. The van der Waals surface area contributed by atoms with Crippen molar-refractivity contribution in [1.82, 2.24) is 5.32 Å². The highest BCUT2D eigenvalue weighted by Gasteiger charge is 2.29. The van der Waals surface area contributed by atoms with E-state index in [0.717, 1.165) is 11.1 Å². The van der Waals surface area contributed by atoms with E-state index in [1.165, 1.54) is 19.1 Å². The summed E-state index contributed by atoms with van der Waals surface area (Å²) in [5.74, 6) is 0.713. The summed E-state index contributed by atoms with van der Waals surface area (Å²) in [6.45, 7) is 0.498. The quantitative estimate of drug-likeness (QED) is 0.876. The Morgan fingerprint density at radius 3 is 2.75 bits per heavy atom. The van der Waals surface area contributed by atoms with Gasteiger partial charge in [0.25, 0.3) is 5.91 Å². The van der Waals surface area contributed by atoms with Crippen LogP contribution in [0.25, 0.3) is 11.1 Å². The topological polar surface area (TPSA) is 68.3 Å². The summed E-state index contributed by atoms with van der Waals surface area (Å²) in [6.07, 6.45) is 3.89. The Balaban J connectivity index is 1.70. The molecule has 1 aliphatic rings. The first kappa shape index (κ1) is 12.9. The first-order valence-corrected chi connectivity index (χ1v) is 6.92. The Kier molecular flexibility index (Phi) is 3.56. The highest BCUT2D eigenvalue weighted by Crippen LogP contribution is 2.31. The summed E-state index contributed by atoms with van der Waals surface area (Å²) >= 11 is 0. The number of amides is 1. The maximum atomic E-state index is 12.2. The normalized spacial score (nSPS) is 15.8. The molecule has 1 amide bonds. The van der Waals surface area contributed by atoms with Gasteiger partial charge in [-0.2, -0.15) is 0 Å². The SMILES string of the molecule is NC(CNC(=O)c1occc1-c1ccccc1)C1CC1. The fraction of sp³-hybridized carbons (Fsp3) is 0.312. The third-order valence-corrected chi connectivity index (χ3v) is 3.68. The number of hydrogen-bond donors (Lipinski definition) is 2. The lowest BCUT2D eigenvalue weighted by molar-refractivity contribution is 0.0923. The number of nitrogens with two attached hydrogens (primary N) is 1. The second-order valence-electron chi connectivity index (χ2n) is 5.24. The van der Waals surface area contributed by atoms with Gasteiger partial charge < -0.3 is 15.5 Å². The summed E-state index contributed by atoms with van der Waals surface area (Å²) in [5, 5.41) is 2.86. The van der Waals surface area contributed by atoms with Crippen LogP contribution in [0, 0.1) is 5.92 Å². The van der Waals surface area contributed by atoms with E-state index < -0.39 is 0 Å². The molecule has 0 spiro atoms. The average molecular weight is 270 g/mol. The maximum Gasteiger partial charge on any atom is 0.287 e. The molecule has 20 heavy (non-hydrogen) atoms. The molecule has 1 aromatic heterocycles. The molecule has 4 nitrogen and oxygen atoms in total. The molecule has 1 heterocycles. The predicted octanol–water partition coefficient (Wildman–Crippen LogP) is 2.41. The molecule has 3 rings (SSSR count). The Morgan fingerprint density at radius 1 is 1.30 bits per heavy atom. The van der Waals surface area contributed by atoms with Crippen molar-refractivity contribution in [3.8, 4) is 11.1 Å². The molecule has 2 aromatic rings. The van der Waals surface area contributed by atoms with Gasteiger partial charge in [-0.05, 0) is 30.4 Å². The van der Waals surface area contributed by atoms with Crippen LogP contribution in [0.3, 0.4) is 0 Å². The molecule has 4 heteroatoms. The van der Waals surface area contributed by atoms with Gasteiger partial charge in [0.15, 0.2) is 5.76 Å². The molecule has 1 aromatic carbocycles. The van der Waals surface area contributed by atoms with Crippen molar-refractivity contribution in [3.63, 3.8) is 0 Å². The Bertz CT molecular complexity index is 588. The van der Waals surface area contributed by atoms with Gasteiger partial charge in [-0.1, -0.05) is 30.3 Å². The molecular weight excluding hydrogens is 252 g/mol. The van der Waals surface area contributed by atoms with Crippen molar-refractivity contribution in [2.24, 2.45) is 11.7 Å².